The standard InChI is InChI=1S/C33H38N4.Mg/c1-8-11-23-19(6)28-14-26-17(4)21(9-2)30(34-26)15-27-18(5)22(10-3)31(35-27)16-29-20(7)24-12-13-25(32(23)36-28)33(24)37-29;/h14-16,19,23H,8-13H2,1-7H3;/q-2;+2/t19-,23-;/m0./s1. The van der Waals surface area contributed by atoms with Crippen LogP contribution in [-0.4, -0.2) is 33.0 Å². The van der Waals surface area contributed by atoms with Gasteiger partial charge >= 0.3 is 23.1 Å². The van der Waals surface area contributed by atoms with Gasteiger partial charge in [-0.05, 0) is 69.6 Å². The molecule has 5 heteroatoms. The van der Waals surface area contributed by atoms with Crippen LogP contribution in [0.5, 0.6) is 0 Å². The molecule has 38 heavy (non-hydrogen) atoms. The van der Waals surface area contributed by atoms with Gasteiger partial charge in [-0.1, -0.05) is 74.6 Å². The van der Waals surface area contributed by atoms with E-state index < -0.39 is 0 Å². The van der Waals surface area contributed by atoms with Crippen molar-refractivity contribution in [2.45, 2.75) is 98.8 Å². The molecule has 2 aliphatic heterocycles. The normalized spacial score (nSPS) is 18.3. The van der Waals surface area contributed by atoms with Gasteiger partial charge in [-0.2, -0.15) is 0 Å². The Kier molecular flexibility index (Phi) is 7.38. The van der Waals surface area contributed by atoms with Gasteiger partial charge in [-0.15, -0.1) is 22.1 Å². The second-order valence-electron chi connectivity index (χ2n) is 11.1. The van der Waals surface area contributed by atoms with Crippen LogP contribution in [0.15, 0.2) is 18.2 Å². The fraction of sp³-hybridized carbons (Fsp3) is 0.455. The van der Waals surface area contributed by atoms with E-state index in [-0.39, 0.29) is 23.1 Å². The average molecular weight is 515 g/mol. The van der Waals surface area contributed by atoms with Gasteiger partial charge in [-0.3, -0.25) is 4.98 Å². The Bertz CT molecular complexity index is 1620. The third-order valence-electron chi connectivity index (χ3n) is 9.16. The third-order valence-corrected chi connectivity index (χ3v) is 9.16. The smallest absolute Gasteiger partial charge is 0.657 e. The zero-order valence-corrected chi connectivity index (χ0v) is 25.5. The molecule has 192 valence electrons. The van der Waals surface area contributed by atoms with Gasteiger partial charge < -0.3 is 9.97 Å². The second kappa shape index (κ2) is 10.3. The first-order chi connectivity index (χ1) is 17.9. The molecule has 3 aliphatic rings. The molecular formula is C33H38MgN4. The van der Waals surface area contributed by atoms with E-state index in [2.05, 4.69) is 66.7 Å². The SMILES string of the molecule is CCC[C@@H]1c2nc(cc3[n-]c(cc4nc(cc5[n-]c6c2CCc6c5C)C(CC)=C4C)c(CC)c3C)[C@H]1C.[Mg+2]. The van der Waals surface area contributed by atoms with Gasteiger partial charge in [0.25, 0.3) is 0 Å². The molecular weight excluding hydrogens is 477 g/mol. The van der Waals surface area contributed by atoms with Gasteiger partial charge in [0, 0.05) is 23.2 Å². The van der Waals surface area contributed by atoms with Crippen LogP contribution in [0.4, 0.5) is 0 Å². The maximum absolute atomic E-state index is 5.36. The van der Waals surface area contributed by atoms with Crippen LogP contribution in [0.2, 0.25) is 0 Å². The van der Waals surface area contributed by atoms with E-state index >= 15 is 0 Å². The molecule has 0 spiro atoms. The summed E-state index contributed by atoms with van der Waals surface area (Å²) < 4.78 is 0. The Hall–Kier alpha value is -2.37. The van der Waals surface area contributed by atoms with E-state index in [4.69, 9.17) is 19.9 Å². The van der Waals surface area contributed by atoms with Crippen LogP contribution in [0.25, 0.3) is 33.2 Å². The zero-order valence-electron chi connectivity index (χ0n) is 24.1. The number of aromatic nitrogens is 4. The van der Waals surface area contributed by atoms with E-state index in [0.717, 1.165) is 66.5 Å². The molecule has 0 fully saturated rings. The summed E-state index contributed by atoms with van der Waals surface area (Å²) in [5.74, 6) is 0.823. The molecule has 4 nitrogen and oxygen atoms in total. The van der Waals surface area contributed by atoms with Crippen molar-refractivity contribution in [3.8, 4) is 0 Å². The fourth-order valence-corrected chi connectivity index (χ4v) is 6.90. The fourth-order valence-electron chi connectivity index (χ4n) is 6.90. The van der Waals surface area contributed by atoms with E-state index in [9.17, 15) is 0 Å². The van der Waals surface area contributed by atoms with Crippen LogP contribution in [0.3, 0.4) is 0 Å². The van der Waals surface area contributed by atoms with Crippen LogP contribution in [0.1, 0.15) is 116 Å². The minimum atomic E-state index is 0. The summed E-state index contributed by atoms with van der Waals surface area (Å²) in [6.07, 6.45) is 6.32. The summed E-state index contributed by atoms with van der Waals surface area (Å²) in [6.45, 7) is 15.8. The minimum Gasteiger partial charge on any atom is -0.657 e. The van der Waals surface area contributed by atoms with E-state index in [1.54, 1.807) is 0 Å². The van der Waals surface area contributed by atoms with Crippen molar-refractivity contribution >= 4 is 56.3 Å². The quantitative estimate of drug-likeness (QED) is 0.338. The van der Waals surface area contributed by atoms with Crippen LogP contribution in [-0.2, 0) is 19.3 Å². The molecule has 0 amide bonds. The Balaban J connectivity index is 0.00000294. The summed E-state index contributed by atoms with van der Waals surface area (Å²) in [5, 5.41) is 0. The average Bonchev–Trinajstić information content (AvgIpc) is 3.64. The Labute approximate surface area is 243 Å². The molecule has 2 atom stereocenters. The molecule has 8 bridgehead atoms. The number of aryl methyl sites for hydroxylation is 5. The summed E-state index contributed by atoms with van der Waals surface area (Å²) >= 11 is 0. The summed E-state index contributed by atoms with van der Waals surface area (Å²) in [4.78, 5) is 20.9. The maximum atomic E-state index is 5.36. The third kappa shape index (κ3) is 4.08. The number of hydrogen-bond acceptors (Lipinski definition) is 2. The Morgan fingerprint density at radius 2 is 1.53 bits per heavy atom. The van der Waals surface area contributed by atoms with Crippen molar-refractivity contribution in [2.24, 2.45) is 0 Å². The van der Waals surface area contributed by atoms with E-state index in [1.165, 1.54) is 55.9 Å². The molecule has 3 aromatic heterocycles. The Morgan fingerprint density at radius 3 is 2.24 bits per heavy atom. The van der Waals surface area contributed by atoms with Crippen molar-refractivity contribution in [1.82, 2.24) is 19.9 Å². The largest absolute Gasteiger partial charge is 2.00 e. The minimum absolute atomic E-state index is 0. The summed E-state index contributed by atoms with van der Waals surface area (Å²) in [7, 11) is 0. The first-order valence-electron chi connectivity index (χ1n) is 14.2. The van der Waals surface area contributed by atoms with Crippen molar-refractivity contribution in [1.29, 1.82) is 0 Å². The summed E-state index contributed by atoms with van der Waals surface area (Å²) in [6, 6.07) is 6.70. The van der Waals surface area contributed by atoms with E-state index in [1.807, 2.05) is 0 Å². The van der Waals surface area contributed by atoms with Gasteiger partial charge in [0.15, 0.2) is 0 Å². The first kappa shape index (κ1) is 27.2. The Morgan fingerprint density at radius 1 is 0.816 bits per heavy atom. The van der Waals surface area contributed by atoms with Gasteiger partial charge in [0.05, 0.1) is 11.4 Å². The molecule has 0 saturated heterocycles. The molecule has 0 N–H and O–H groups in total. The maximum Gasteiger partial charge on any atom is 2.00 e. The van der Waals surface area contributed by atoms with Crippen LogP contribution >= 0.6 is 0 Å². The van der Waals surface area contributed by atoms with Gasteiger partial charge in [0.2, 0.25) is 0 Å². The molecule has 6 rings (SSSR count). The predicted molar refractivity (Wildman–Crippen MR) is 160 cm³/mol. The number of fused-ring (bicyclic) bond motifs is 8. The molecule has 0 unspecified atom stereocenters. The molecule has 1 aliphatic carbocycles. The predicted octanol–water partition coefficient (Wildman–Crippen LogP) is 7.50. The van der Waals surface area contributed by atoms with Crippen molar-refractivity contribution in [2.75, 3.05) is 0 Å². The van der Waals surface area contributed by atoms with Gasteiger partial charge in [0.1, 0.15) is 0 Å². The molecule has 3 aromatic rings. The van der Waals surface area contributed by atoms with Crippen LogP contribution in [0, 0.1) is 13.8 Å². The zero-order chi connectivity index (χ0) is 26.0. The topological polar surface area (TPSA) is 54.0 Å². The summed E-state index contributed by atoms with van der Waals surface area (Å²) in [5.41, 5.74) is 18.1. The van der Waals surface area contributed by atoms with Crippen molar-refractivity contribution < 1.29 is 0 Å². The molecule has 0 saturated carbocycles. The monoisotopic (exact) mass is 514 g/mol. The number of hydrogen-bond donors (Lipinski definition) is 0. The number of nitrogens with zero attached hydrogens (tertiary/aromatic N) is 4. The second-order valence-corrected chi connectivity index (χ2v) is 11.1. The molecule has 0 aromatic carbocycles. The van der Waals surface area contributed by atoms with Crippen molar-refractivity contribution in [3.63, 3.8) is 0 Å². The van der Waals surface area contributed by atoms with E-state index in [0.29, 0.717) is 11.8 Å². The molecule has 5 heterocycles. The van der Waals surface area contributed by atoms with Crippen molar-refractivity contribution in [3.05, 3.63) is 68.8 Å². The van der Waals surface area contributed by atoms with Gasteiger partial charge in [-0.25, -0.2) is 4.98 Å². The number of allylic oxidation sites excluding steroid dienone is 2. The molecule has 0 radical (unpaired) electrons. The first-order valence-corrected chi connectivity index (χ1v) is 14.2. The number of rotatable bonds is 4. The van der Waals surface area contributed by atoms with Crippen LogP contribution < -0.4 is 9.97 Å².